The molecule has 2 N–H and O–H groups in total. The van der Waals surface area contributed by atoms with Crippen molar-refractivity contribution in [1.29, 1.82) is 0 Å². The SMILES string of the molecule is Cc1c(NC(=O)[C@@H](C)OC(=O)CN2C(=O)NC(C)(C)C2=O)c(=O)n(-c2ccccc2)n1C. The van der Waals surface area contributed by atoms with Crippen LogP contribution < -0.4 is 16.2 Å². The standard InChI is InChI=1S/C21H25N5O6/c1-12-16(18(29)26(24(12)5)14-9-7-6-8-10-14)22-17(28)13(2)32-15(27)11-25-19(30)21(3,4)23-20(25)31/h6-10,13H,11H2,1-5H3,(H,22,28)(H,23,31)/t13-/m1/s1. The largest absolute Gasteiger partial charge is 0.451 e. The highest BCUT2D eigenvalue weighted by Crippen LogP contribution is 2.17. The summed E-state index contributed by atoms with van der Waals surface area (Å²) in [6.07, 6.45) is -1.26. The molecule has 1 aliphatic rings. The van der Waals surface area contributed by atoms with Gasteiger partial charge in [-0.05, 0) is 39.8 Å². The lowest BCUT2D eigenvalue weighted by Gasteiger charge is -2.17. The van der Waals surface area contributed by atoms with Crippen LogP contribution in [0.5, 0.6) is 0 Å². The van der Waals surface area contributed by atoms with Crippen LogP contribution in [-0.4, -0.2) is 56.3 Å². The van der Waals surface area contributed by atoms with E-state index < -0.39 is 47.6 Å². The number of esters is 1. The van der Waals surface area contributed by atoms with Crippen molar-refractivity contribution < 1.29 is 23.9 Å². The normalized spacial score (nSPS) is 16.0. The molecule has 0 unspecified atom stereocenters. The van der Waals surface area contributed by atoms with Crippen molar-refractivity contribution >= 4 is 29.5 Å². The van der Waals surface area contributed by atoms with E-state index in [0.717, 1.165) is 4.90 Å². The van der Waals surface area contributed by atoms with E-state index in [4.69, 9.17) is 4.74 Å². The monoisotopic (exact) mass is 443 g/mol. The van der Waals surface area contributed by atoms with Gasteiger partial charge in [-0.25, -0.2) is 9.48 Å². The lowest BCUT2D eigenvalue weighted by molar-refractivity contribution is -0.155. The number of carbonyl (C=O) groups excluding carboxylic acids is 4. The molecule has 0 saturated carbocycles. The lowest BCUT2D eigenvalue weighted by atomic mass is 10.1. The average Bonchev–Trinajstić information content (AvgIpc) is 3.06. The molecule has 11 nitrogen and oxygen atoms in total. The van der Waals surface area contributed by atoms with Gasteiger partial charge in [-0.15, -0.1) is 0 Å². The second kappa shape index (κ2) is 8.33. The highest BCUT2D eigenvalue weighted by Gasteiger charge is 2.45. The Morgan fingerprint density at radius 1 is 1.16 bits per heavy atom. The fourth-order valence-corrected chi connectivity index (χ4v) is 3.32. The van der Waals surface area contributed by atoms with E-state index in [1.165, 1.54) is 25.5 Å². The van der Waals surface area contributed by atoms with Crippen LogP contribution in [0.1, 0.15) is 26.5 Å². The van der Waals surface area contributed by atoms with E-state index in [2.05, 4.69) is 10.6 Å². The number of hydrogen-bond donors (Lipinski definition) is 2. The second-order valence-electron chi connectivity index (χ2n) is 8.00. The number of anilines is 1. The number of ether oxygens (including phenoxy) is 1. The molecule has 32 heavy (non-hydrogen) atoms. The maximum absolute atomic E-state index is 12.9. The Labute approximate surface area is 183 Å². The number of para-hydroxylation sites is 1. The molecule has 0 bridgehead atoms. The third-order valence-corrected chi connectivity index (χ3v) is 5.21. The number of imide groups is 1. The Hall–Kier alpha value is -3.89. The molecule has 4 amide bonds. The molecule has 1 fully saturated rings. The Morgan fingerprint density at radius 3 is 2.34 bits per heavy atom. The highest BCUT2D eigenvalue weighted by molar-refractivity contribution is 6.08. The Balaban J connectivity index is 1.69. The Morgan fingerprint density at radius 2 is 1.78 bits per heavy atom. The van der Waals surface area contributed by atoms with Gasteiger partial charge < -0.3 is 15.4 Å². The summed E-state index contributed by atoms with van der Waals surface area (Å²) >= 11 is 0. The van der Waals surface area contributed by atoms with Gasteiger partial charge in [0.05, 0.1) is 11.4 Å². The molecule has 11 heteroatoms. The number of hydrogen-bond acceptors (Lipinski definition) is 6. The molecule has 2 heterocycles. The zero-order valence-electron chi connectivity index (χ0n) is 18.5. The van der Waals surface area contributed by atoms with Crippen LogP contribution in [0.25, 0.3) is 5.69 Å². The summed E-state index contributed by atoms with van der Waals surface area (Å²) in [5.74, 6) is -2.22. The molecule has 1 atom stereocenters. The molecule has 3 rings (SSSR count). The molecule has 0 radical (unpaired) electrons. The van der Waals surface area contributed by atoms with Gasteiger partial charge in [-0.2, -0.15) is 0 Å². The van der Waals surface area contributed by atoms with Crippen LogP contribution in [-0.2, 0) is 26.2 Å². The van der Waals surface area contributed by atoms with E-state index in [9.17, 15) is 24.0 Å². The van der Waals surface area contributed by atoms with Crippen LogP contribution >= 0.6 is 0 Å². The minimum absolute atomic E-state index is 0.0556. The predicted molar refractivity (Wildman–Crippen MR) is 114 cm³/mol. The molecular weight excluding hydrogens is 418 g/mol. The molecule has 1 aromatic carbocycles. The summed E-state index contributed by atoms with van der Waals surface area (Å²) in [7, 11) is 1.68. The third-order valence-electron chi connectivity index (χ3n) is 5.21. The van der Waals surface area contributed by atoms with Crippen LogP contribution in [0, 0.1) is 6.92 Å². The number of amides is 4. The number of carbonyl (C=O) groups is 4. The second-order valence-corrected chi connectivity index (χ2v) is 8.00. The molecular formula is C21H25N5O6. The summed E-state index contributed by atoms with van der Waals surface area (Å²) in [6.45, 7) is 5.40. The van der Waals surface area contributed by atoms with Gasteiger partial charge in [0.2, 0.25) is 0 Å². The van der Waals surface area contributed by atoms with Crippen LogP contribution in [0.2, 0.25) is 0 Å². The molecule has 0 spiro atoms. The third kappa shape index (κ3) is 4.13. The first-order valence-electron chi connectivity index (χ1n) is 9.92. The topological polar surface area (TPSA) is 132 Å². The summed E-state index contributed by atoms with van der Waals surface area (Å²) in [4.78, 5) is 62.5. The first kappa shape index (κ1) is 22.8. The molecule has 170 valence electrons. The van der Waals surface area contributed by atoms with Gasteiger partial charge >= 0.3 is 12.0 Å². The fraction of sp³-hybridized carbons (Fsp3) is 0.381. The van der Waals surface area contributed by atoms with E-state index in [1.54, 1.807) is 42.9 Å². The fourth-order valence-electron chi connectivity index (χ4n) is 3.32. The van der Waals surface area contributed by atoms with Crippen LogP contribution in [0.4, 0.5) is 10.5 Å². The maximum atomic E-state index is 12.9. The van der Waals surface area contributed by atoms with Crippen LogP contribution in [0.3, 0.4) is 0 Å². The van der Waals surface area contributed by atoms with Crippen molar-refractivity contribution in [2.24, 2.45) is 7.05 Å². The Kier molecular flexibility index (Phi) is 5.93. The molecule has 2 aromatic rings. The van der Waals surface area contributed by atoms with Gasteiger partial charge in [-0.1, -0.05) is 18.2 Å². The van der Waals surface area contributed by atoms with E-state index >= 15 is 0 Å². The number of nitrogens with one attached hydrogen (secondary N) is 2. The average molecular weight is 443 g/mol. The number of rotatable bonds is 6. The number of nitrogens with zero attached hydrogens (tertiary/aromatic N) is 3. The van der Waals surface area contributed by atoms with E-state index in [0.29, 0.717) is 11.4 Å². The van der Waals surface area contributed by atoms with Crippen molar-refractivity contribution in [3.8, 4) is 5.69 Å². The molecule has 0 aliphatic carbocycles. The quantitative estimate of drug-likeness (QED) is 0.499. The van der Waals surface area contributed by atoms with Gasteiger partial charge in [0.25, 0.3) is 17.4 Å². The minimum Gasteiger partial charge on any atom is -0.451 e. The summed E-state index contributed by atoms with van der Waals surface area (Å²) in [5, 5.41) is 4.96. The summed E-state index contributed by atoms with van der Waals surface area (Å²) < 4.78 is 8.08. The van der Waals surface area contributed by atoms with E-state index in [1.807, 2.05) is 6.07 Å². The first-order valence-corrected chi connectivity index (χ1v) is 9.92. The zero-order valence-corrected chi connectivity index (χ0v) is 18.5. The predicted octanol–water partition coefficient (Wildman–Crippen LogP) is 0.685. The van der Waals surface area contributed by atoms with Crippen molar-refractivity contribution in [1.82, 2.24) is 19.6 Å². The number of benzene rings is 1. The summed E-state index contributed by atoms with van der Waals surface area (Å²) in [6, 6.07) is 8.20. The lowest BCUT2D eigenvalue weighted by Crippen LogP contribution is -2.42. The zero-order chi connectivity index (χ0) is 23.8. The minimum atomic E-state index is -1.26. The van der Waals surface area contributed by atoms with Gasteiger partial charge in [-0.3, -0.25) is 28.8 Å². The maximum Gasteiger partial charge on any atom is 0.327 e. The molecule has 1 aromatic heterocycles. The molecule has 1 saturated heterocycles. The first-order chi connectivity index (χ1) is 14.9. The highest BCUT2D eigenvalue weighted by atomic mass is 16.5. The van der Waals surface area contributed by atoms with Crippen LogP contribution in [0.15, 0.2) is 35.1 Å². The number of aromatic nitrogens is 2. The summed E-state index contributed by atoms with van der Waals surface area (Å²) in [5.41, 5.74) is -0.374. The van der Waals surface area contributed by atoms with Crippen molar-refractivity contribution in [2.45, 2.75) is 39.3 Å². The van der Waals surface area contributed by atoms with Crippen molar-refractivity contribution in [3.63, 3.8) is 0 Å². The number of urea groups is 1. The van der Waals surface area contributed by atoms with E-state index in [-0.39, 0.29) is 5.69 Å². The van der Waals surface area contributed by atoms with Crippen molar-refractivity contribution in [3.05, 3.63) is 46.4 Å². The smallest absolute Gasteiger partial charge is 0.327 e. The Bertz CT molecular complexity index is 1150. The van der Waals surface area contributed by atoms with Gasteiger partial charge in [0.1, 0.15) is 17.8 Å². The molecule has 1 aliphatic heterocycles. The van der Waals surface area contributed by atoms with Gasteiger partial charge in [0, 0.05) is 7.05 Å². The van der Waals surface area contributed by atoms with Gasteiger partial charge in [0.15, 0.2) is 6.10 Å². The van der Waals surface area contributed by atoms with Crippen molar-refractivity contribution in [2.75, 3.05) is 11.9 Å².